The summed E-state index contributed by atoms with van der Waals surface area (Å²) < 4.78 is 0. The van der Waals surface area contributed by atoms with Crippen molar-refractivity contribution >= 4 is 37.7 Å². The zero-order valence-corrected chi connectivity index (χ0v) is 8.77. The Labute approximate surface area is 89.0 Å². The van der Waals surface area contributed by atoms with Crippen LogP contribution in [-0.2, 0) is 6.54 Å². The van der Waals surface area contributed by atoms with Crippen LogP contribution in [0.1, 0.15) is 5.56 Å². The largest absolute Gasteiger partial charge is 0.299 e. The van der Waals surface area contributed by atoms with Gasteiger partial charge in [-0.15, -0.1) is 0 Å². The molecule has 0 aromatic heterocycles. The zero-order chi connectivity index (χ0) is 9.54. The third-order valence-electron chi connectivity index (χ3n) is 2.17. The van der Waals surface area contributed by atoms with Gasteiger partial charge in [0.1, 0.15) is 0 Å². The van der Waals surface area contributed by atoms with Crippen molar-refractivity contribution in [3.05, 3.63) is 29.8 Å². The minimum atomic E-state index is 0.0863. The van der Waals surface area contributed by atoms with Crippen LogP contribution < -0.4 is 0 Å². The number of para-hydroxylation sites is 1. The van der Waals surface area contributed by atoms with E-state index in [1.807, 2.05) is 24.3 Å². The molecular formula is C9H6N2OS2. The van der Waals surface area contributed by atoms with Crippen molar-refractivity contribution in [3.63, 3.8) is 0 Å². The van der Waals surface area contributed by atoms with E-state index in [0.29, 0.717) is 6.54 Å². The Morgan fingerprint density at radius 1 is 1.29 bits per heavy atom. The fourth-order valence-corrected chi connectivity index (χ4v) is 3.39. The summed E-state index contributed by atoms with van der Waals surface area (Å²) >= 11 is 0. The number of rotatable bonds is 0. The van der Waals surface area contributed by atoms with E-state index in [9.17, 15) is 4.79 Å². The maximum atomic E-state index is 11.4. The SMILES string of the molecule is O=C1SSC2=Nc3ccccc3CN12. The van der Waals surface area contributed by atoms with Gasteiger partial charge in [-0.3, -0.25) is 9.69 Å². The first-order valence-corrected chi connectivity index (χ1v) is 6.32. The standard InChI is InChI=1S/C9H6N2OS2/c12-9-11-5-6-3-1-2-4-7(6)10-8(11)13-14-9/h1-4H,5H2. The van der Waals surface area contributed by atoms with Crippen LogP contribution in [0.25, 0.3) is 0 Å². The van der Waals surface area contributed by atoms with Crippen LogP contribution in [0.3, 0.4) is 0 Å². The van der Waals surface area contributed by atoms with Gasteiger partial charge in [0.2, 0.25) is 0 Å². The topological polar surface area (TPSA) is 32.7 Å². The van der Waals surface area contributed by atoms with Gasteiger partial charge in [0.25, 0.3) is 5.24 Å². The molecule has 5 heteroatoms. The molecule has 0 saturated carbocycles. The van der Waals surface area contributed by atoms with E-state index in [4.69, 9.17) is 0 Å². The van der Waals surface area contributed by atoms with Crippen molar-refractivity contribution in [2.75, 3.05) is 0 Å². The van der Waals surface area contributed by atoms with Crippen molar-refractivity contribution in [2.45, 2.75) is 6.54 Å². The van der Waals surface area contributed by atoms with Gasteiger partial charge in [-0.05, 0) is 22.4 Å². The van der Waals surface area contributed by atoms with Crippen molar-refractivity contribution < 1.29 is 4.79 Å². The van der Waals surface area contributed by atoms with Gasteiger partial charge >= 0.3 is 0 Å². The lowest BCUT2D eigenvalue weighted by Crippen LogP contribution is -2.28. The molecule has 0 atom stereocenters. The van der Waals surface area contributed by atoms with E-state index in [0.717, 1.165) is 16.4 Å². The van der Waals surface area contributed by atoms with E-state index in [1.54, 1.807) is 4.90 Å². The first-order valence-electron chi connectivity index (χ1n) is 4.17. The lowest BCUT2D eigenvalue weighted by atomic mass is 10.1. The van der Waals surface area contributed by atoms with Crippen molar-refractivity contribution in [2.24, 2.45) is 4.99 Å². The van der Waals surface area contributed by atoms with Gasteiger partial charge in [-0.25, -0.2) is 4.99 Å². The molecule has 3 rings (SSSR count). The molecule has 14 heavy (non-hydrogen) atoms. The molecule has 1 saturated heterocycles. The lowest BCUT2D eigenvalue weighted by molar-refractivity contribution is 0.244. The number of benzene rings is 1. The molecule has 0 bridgehead atoms. The van der Waals surface area contributed by atoms with Crippen LogP contribution in [0.4, 0.5) is 10.5 Å². The molecule has 2 heterocycles. The number of carbonyl (C=O) groups excluding carboxylic acids is 1. The molecular weight excluding hydrogens is 216 g/mol. The summed E-state index contributed by atoms with van der Waals surface area (Å²) in [7, 11) is 2.69. The monoisotopic (exact) mass is 222 g/mol. The third kappa shape index (κ3) is 1.16. The highest BCUT2D eigenvalue weighted by Crippen LogP contribution is 2.41. The summed E-state index contributed by atoms with van der Waals surface area (Å²) in [5, 5.41) is 0.905. The first-order chi connectivity index (χ1) is 6.84. The first kappa shape index (κ1) is 8.38. The summed E-state index contributed by atoms with van der Waals surface area (Å²) in [4.78, 5) is 17.5. The van der Waals surface area contributed by atoms with Crippen LogP contribution in [0, 0.1) is 0 Å². The number of hydrogen-bond acceptors (Lipinski definition) is 4. The normalized spacial score (nSPS) is 19.0. The Bertz CT molecular complexity index is 444. The number of amidine groups is 1. The maximum Gasteiger partial charge on any atom is 0.299 e. The second kappa shape index (κ2) is 3.03. The Kier molecular flexibility index (Phi) is 1.81. The zero-order valence-electron chi connectivity index (χ0n) is 7.14. The average Bonchev–Trinajstić information content (AvgIpc) is 2.57. The van der Waals surface area contributed by atoms with Crippen LogP contribution in [-0.4, -0.2) is 15.3 Å². The van der Waals surface area contributed by atoms with Gasteiger partial charge in [0, 0.05) is 10.8 Å². The van der Waals surface area contributed by atoms with Gasteiger partial charge in [-0.1, -0.05) is 18.2 Å². The summed E-state index contributed by atoms with van der Waals surface area (Å²) in [5.74, 6) is 0. The van der Waals surface area contributed by atoms with E-state index >= 15 is 0 Å². The summed E-state index contributed by atoms with van der Waals surface area (Å²) in [5.41, 5.74) is 2.11. The predicted molar refractivity (Wildman–Crippen MR) is 59.7 cm³/mol. The Hall–Kier alpha value is -0.940. The molecule has 0 N–H and O–H groups in total. The Morgan fingerprint density at radius 3 is 3.07 bits per heavy atom. The van der Waals surface area contributed by atoms with Gasteiger partial charge in [-0.2, -0.15) is 0 Å². The average molecular weight is 222 g/mol. The summed E-state index contributed by atoms with van der Waals surface area (Å²) in [6.45, 7) is 0.661. The predicted octanol–water partition coefficient (Wildman–Crippen LogP) is 3.00. The smallest absolute Gasteiger partial charge is 0.276 e. The van der Waals surface area contributed by atoms with Crippen molar-refractivity contribution in [1.82, 2.24) is 4.90 Å². The van der Waals surface area contributed by atoms with Crippen LogP contribution in [0.2, 0.25) is 0 Å². The third-order valence-corrected chi connectivity index (χ3v) is 4.21. The molecule has 1 amide bonds. The molecule has 70 valence electrons. The molecule has 1 aromatic rings. The number of carbonyl (C=O) groups is 1. The minimum absolute atomic E-state index is 0.0863. The Morgan fingerprint density at radius 2 is 2.14 bits per heavy atom. The van der Waals surface area contributed by atoms with E-state index in [1.165, 1.54) is 21.6 Å². The summed E-state index contributed by atoms with van der Waals surface area (Å²) in [6, 6.07) is 7.93. The number of nitrogens with zero attached hydrogens (tertiary/aromatic N) is 2. The minimum Gasteiger partial charge on any atom is -0.276 e. The molecule has 2 aliphatic heterocycles. The number of aliphatic imine (C=N–C) groups is 1. The Balaban J connectivity index is 2.11. The number of amides is 1. The number of fused-ring (bicyclic) bond motifs is 2. The van der Waals surface area contributed by atoms with Crippen molar-refractivity contribution in [3.8, 4) is 0 Å². The molecule has 0 unspecified atom stereocenters. The second-order valence-electron chi connectivity index (χ2n) is 3.04. The van der Waals surface area contributed by atoms with Gasteiger partial charge in [0.05, 0.1) is 12.2 Å². The molecule has 3 nitrogen and oxygen atoms in total. The van der Waals surface area contributed by atoms with E-state index in [2.05, 4.69) is 4.99 Å². The van der Waals surface area contributed by atoms with Crippen LogP contribution >= 0.6 is 21.6 Å². The lowest BCUT2D eigenvalue weighted by Gasteiger charge is -2.20. The van der Waals surface area contributed by atoms with E-state index in [-0.39, 0.29) is 5.24 Å². The number of hydrogen-bond donors (Lipinski definition) is 0. The van der Waals surface area contributed by atoms with Gasteiger partial charge in [0.15, 0.2) is 5.17 Å². The fraction of sp³-hybridized carbons (Fsp3) is 0.111. The molecule has 1 aromatic carbocycles. The highest BCUT2D eigenvalue weighted by Gasteiger charge is 2.32. The van der Waals surface area contributed by atoms with Crippen molar-refractivity contribution in [1.29, 1.82) is 0 Å². The van der Waals surface area contributed by atoms with Crippen LogP contribution in [0.5, 0.6) is 0 Å². The highest BCUT2D eigenvalue weighted by molar-refractivity contribution is 8.88. The van der Waals surface area contributed by atoms with Gasteiger partial charge < -0.3 is 0 Å². The molecule has 0 spiro atoms. The molecule has 1 fully saturated rings. The second-order valence-corrected chi connectivity index (χ2v) is 5.09. The van der Waals surface area contributed by atoms with Crippen LogP contribution in [0.15, 0.2) is 29.3 Å². The maximum absolute atomic E-state index is 11.4. The fourth-order valence-electron chi connectivity index (χ4n) is 1.48. The summed E-state index contributed by atoms with van der Waals surface area (Å²) in [6.07, 6.45) is 0. The molecule has 2 aliphatic rings. The quantitative estimate of drug-likeness (QED) is 0.632. The molecule has 0 aliphatic carbocycles. The van der Waals surface area contributed by atoms with E-state index < -0.39 is 0 Å². The molecule has 0 radical (unpaired) electrons. The highest BCUT2D eigenvalue weighted by atomic mass is 33.1.